The molecule has 0 aromatic rings. The quantitative estimate of drug-likeness (QED) is 0.484. The summed E-state index contributed by atoms with van der Waals surface area (Å²) in [6, 6.07) is -0.437. The number of rotatable bonds is 3. The Morgan fingerprint density at radius 1 is 1.16 bits per heavy atom. The van der Waals surface area contributed by atoms with Gasteiger partial charge in [-0.05, 0) is 82.1 Å². The van der Waals surface area contributed by atoms with E-state index >= 15 is 0 Å². The van der Waals surface area contributed by atoms with Crippen molar-refractivity contribution in [3.8, 4) is 0 Å². The summed E-state index contributed by atoms with van der Waals surface area (Å²) >= 11 is 0. The zero-order chi connectivity index (χ0) is 26.4. The molecule has 1 fully saturated rings. The fourth-order valence-electron chi connectivity index (χ4n) is 6.00. The molecule has 0 spiro atoms. The van der Waals surface area contributed by atoms with Gasteiger partial charge < -0.3 is 25.0 Å². The fraction of sp³-hybridized carbons (Fsp3) is 0.645. The number of aliphatic hydroxyl groups excluding tert-OH is 2. The SMILES string of the molecule is C=C1C[C@H](C)C[C@@H]2CC=C[C@@H](C/C=C/C(=O)N[C@H]([C@@H](O)/C=C/[C@@H]3CC(C)=CCO3)C[C@H]3C[C@H]3[C@@H](O)C1)O2. The first-order chi connectivity index (χ1) is 17.8. The largest absolute Gasteiger partial charge is 0.392 e. The molecule has 9 atom stereocenters. The minimum absolute atomic E-state index is 0.0385. The maximum Gasteiger partial charge on any atom is 0.243 e. The molecule has 4 aliphatic rings. The molecule has 6 heteroatoms. The van der Waals surface area contributed by atoms with Crippen LogP contribution in [0.15, 0.2) is 60.3 Å². The number of nitrogens with one attached hydrogen (secondary N) is 1. The van der Waals surface area contributed by atoms with Gasteiger partial charge in [-0.25, -0.2) is 0 Å². The highest BCUT2D eigenvalue weighted by molar-refractivity contribution is 5.87. The van der Waals surface area contributed by atoms with Crippen molar-refractivity contribution in [3.05, 3.63) is 60.3 Å². The molecule has 1 aliphatic carbocycles. The second-order valence-electron chi connectivity index (χ2n) is 11.7. The van der Waals surface area contributed by atoms with E-state index < -0.39 is 18.2 Å². The molecule has 0 aromatic carbocycles. The van der Waals surface area contributed by atoms with Gasteiger partial charge in [0.25, 0.3) is 0 Å². The summed E-state index contributed by atoms with van der Waals surface area (Å²) in [6.07, 6.45) is 18.5. The number of carbonyl (C=O) groups excluding carboxylic acids is 1. The molecule has 1 amide bonds. The average molecular weight is 512 g/mol. The number of hydrogen-bond acceptors (Lipinski definition) is 5. The Morgan fingerprint density at radius 2 is 2.00 bits per heavy atom. The summed E-state index contributed by atoms with van der Waals surface area (Å²) < 4.78 is 12.0. The predicted octanol–water partition coefficient (Wildman–Crippen LogP) is 4.55. The van der Waals surface area contributed by atoms with Crippen LogP contribution < -0.4 is 5.32 Å². The lowest BCUT2D eigenvalue weighted by molar-refractivity contribution is -0.117. The second-order valence-corrected chi connectivity index (χ2v) is 11.7. The van der Waals surface area contributed by atoms with Gasteiger partial charge in [-0.2, -0.15) is 0 Å². The Balaban J connectivity index is 1.44. The van der Waals surface area contributed by atoms with E-state index in [0.29, 0.717) is 31.8 Å². The maximum atomic E-state index is 12.8. The number of amides is 1. The van der Waals surface area contributed by atoms with Crippen LogP contribution in [-0.2, 0) is 14.3 Å². The van der Waals surface area contributed by atoms with Crippen molar-refractivity contribution in [1.29, 1.82) is 0 Å². The van der Waals surface area contributed by atoms with Crippen LogP contribution in [-0.4, -0.2) is 59.3 Å². The molecule has 1 saturated carbocycles. The smallest absolute Gasteiger partial charge is 0.243 e. The fourth-order valence-corrected chi connectivity index (χ4v) is 6.00. The summed E-state index contributed by atoms with van der Waals surface area (Å²) in [5, 5.41) is 24.9. The maximum absolute atomic E-state index is 12.8. The summed E-state index contributed by atoms with van der Waals surface area (Å²) in [4.78, 5) is 12.8. The zero-order valence-electron chi connectivity index (χ0n) is 22.4. The molecule has 2 bridgehead atoms. The third-order valence-electron chi connectivity index (χ3n) is 8.11. The first-order valence-electron chi connectivity index (χ1n) is 14.0. The Labute approximate surface area is 222 Å². The summed E-state index contributed by atoms with van der Waals surface area (Å²) in [6.45, 7) is 9.15. The molecule has 37 heavy (non-hydrogen) atoms. The Hall–Kier alpha value is -1.99. The molecule has 204 valence electrons. The van der Waals surface area contributed by atoms with Gasteiger partial charge in [0.05, 0.1) is 43.2 Å². The first-order valence-corrected chi connectivity index (χ1v) is 14.0. The lowest BCUT2D eigenvalue weighted by atomic mass is 9.90. The van der Waals surface area contributed by atoms with Gasteiger partial charge in [0, 0.05) is 0 Å². The summed E-state index contributed by atoms with van der Waals surface area (Å²) in [5.41, 5.74) is 2.36. The van der Waals surface area contributed by atoms with Crippen LogP contribution >= 0.6 is 0 Å². The van der Waals surface area contributed by atoms with E-state index in [-0.39, 0.29) is 36.1 Å². The van der Waals surface area contributed by atoms with Crippen LogP contribution in [0.2, 0.25) is 0 Å². The highest BCUT2D eigenvalue weighted by Gasteiger charge is 2.44. The van der Waals surface area contributed by atoms with Crippen molar-refractivity contribution in [3.63, 3.8) is 0 Å². The highest BCUT2D eigenvalue weighted by atomic mass is 16.5. The normalized spacial score (nSPS) is 39.6. The average Bonchev–Trinajstić information content (AvgIpc) is 3.61. The number of ether oxygens (including phenoxy) is 2. The van der Waals surface area contributed by atoms with Gasteiger partial charge >= 0.3 is 0 Å². The Morgan fingerprint density at radius 3 is 2.81 bits per heavy atom. The van der Waals surface area contributed by atoms with Crippen LogP contribution in [0.4, 0.5) is 0 Å². The van der Waals surface area contributed by atoms with E-state index in [1.165, 1.54) is 5.57 Å². The van der Waals surface area contributed by atoms with Gasteiger partial charge in [0.15, 0.2) is 0 Å². The van der Waals surface area contributed by atoms with Crippen LogP contribution in [0.3, 0.4) is 0 Å². The second kappa shape index (κ2) is 13.2. The zero-order valence-corrected chi connectivity index (χ0v) is 22.4. The molecular weight excluding hydrogens is 466 g/mol. The van der Waals surface area contributed by atoms with Crippen molar-refractivity contribution < 1.29 is 24.5 Å². The van der Waals surface area contributed by atoms with E-state index in [2.05, 4.69) is 44.0 Å². The number of aliphatic hydroxyl groups is 2. The third-order valence-corrected chi connectivity index (χ3v) is 8.11. The molecule has 3 heterocycles. The van der Waals surface area contributed by atoms with Crippen LogP contribution in [0, 0.1) is 17.8 Å². The van der Waals surface area contributed by atoms with E-state index in [1.54, 1.807) is 12.2 Å². The van der Waals surface area contributed by atoms with Crippen LogP contribution in [0.1, 0.15) is 65.2 Å². The summed E-state index contributed by atoms with van der Waals surface area (Å²) in [7, 11) is 0. The molecule has 0 unspecified atom stereocenters. The van der Waals surface area contributed by atoms with Crippen molar-refractivity contribution in [2.24, 2.45) is 17.8 Å². The van der Waals surface area contributed by atoms with E-state index in [4.69, 9.17) is 9.47 Å². The van der Waals surface area contributed by atoms with Gasteiger partial charge in [0.2, 0.25) is 5.91 Å². The van der Waals surface area contributed by atoms with Crippen LogP contribution in [0.5, 0.6) is 0 Å². The van der Waals surface area contributed by atoms with Crippen molar-refractivity contribution in [2.45, 2.75) is 102 Å². The minimum Gasteiger partial charge on any atom is -0.392 e. The minimum atomic E-state index is -0.836. The monoisotopic (exact) mass is 511 g/mol. The molecular formula is C31H45NO5. The summed E-state index contributed by atoms with van der Waals surface area (Å²) in [5.74, 6) is 0.665. The van der Waals surface area contributed by atoms with Gasteiger partial charge in [-0.3, -0.25) is 4.79 Å². The molecule has 0 aromatic heterocycles. The third kappa shape index (κ3) is 8.78. The Kier molecular flexibility index (Phi) is 9.99. The first kappa shape index (κ1) is 28.0. The number of fused-ring (bicyclic) bond motifs is 3. The molecule has 3 aliphatic heterocycles. The number of hydrogen-bond donors (Lipinski definition) is 3. The Bertz CT molecular complexity index is 921. The van der Waals surface area contributed by atoms with E-state index in [1.807, 2.05) is 12.2 Å². The van der Waals surface area contributed by atoms with Crippen molar-refractivity contribution in [1.82, 2.24) is 5.32 Å². The lowest BCUT2D eigenvalue weighted by Crippen LogP contribution is -2.42. The molecule has 0 radical (unpaired) electrons. The van der Waals surface area contributed by atoms with Gasteiger partial charge in [-0.15, -0.1) is 0 Å². The lowest BCUT2D eigenvalue weighted by Gasteiger charge is -2.28. The van der Waals surface area contributed by atoms with E-state index in [9.17, 15) is 15.0 Å². The highest BCUT2D eigenvalue weighted by Crippen LogP contribution is 2.46. The topological polar surface area (TPSA) is 88.0 Å². The molecule has 4 rings (SSSR count). The molecule has 3 N–H and O–H groups in total. The van der Waals surface area contributed by atoms with Gasteiger partial charge in [0.1, 0.15) is 0 Å². The van der Waals surface area contributed by atoms with E-state index in [0.717, 1.165) is 37.7 Å². The van der Waals surface area contributed by atoms with Crippen LogP contribution in [0.25, 0.3) is 0 Å². The molecule has 6 nitrogen and oxygen atoms in total. The predicted molar refractivity (Wildman–Crippen MR) is 146 cm³/mol. The van der Waals surface area contributed by atoms with Crippen molar-refractivity contribution in [2.75, 3.05) is 6.61 Å². The van der Waals surface area contributed by atoms with Gasteiger partial charge in [-0.1, -0.05) is 61.1 Å². The number of carbonyl (C=O) groups is 1. The molecule has 0 saturated heterocycles. The standard InChI is InChI=1S/C31H45NO5/c1-20-12-13-36-25(15-20)10-11-29(33)28-19-23-18-27(23)30(34)17-22(3)14-21(2)16-26-8-4-6-24(37-26)7-5-9-31(35)32-28/h4-6,9-12,21,23-30,33-34H,3,7-8,13-19H2,1-2H3,(H,32,35)/b9-5+,11-10+/t21-,23+,24-,25+,26-,27+,28-,29-,30-/m0/s1. The van der Waals surface area contributed by atoms with Crippen molar-refractivity contribution >= 4 is 5.91 Å².